The number of thioether (sulfide) groups is 1. The number of nitrogens with two attached hydrogens (primary N) is 1. The lowest BCUT2D eigenvalue weighted by molar-refractivity contribution is 0.775. The highest BCUT2D eigenvalue weighted by molar-refractivity contribution is 7.98. The van der Waals surface area contributed by atoms with E-state index in [0.29, 0.717) is 6.04 Å². The highest BCUT2D eigenvalue weighted by atomic mass is 32.2. The smallest absolute Gasteiger partial charge is 0.0349 e. The van der Waals surface area contributed by atoms with Crippen LogP contribution in [0.3, 0.4) is 0 Å². The van der Waals surface area contributed by atoms with Crippen LogP contribution in [-0.4, -0.2) is 18.1 Å². The molecule has 0 fully saturated rings. The van der Waals surface area contributed by atoms with Crippen molar-refractivity contribution in [3.63, 3.8) is 0 Å². The van der Waals surface area contributed by atoms with Gasteiger partial charge in [-0.1, -0.05) is 6.92 Å². The van der Waals surface area contributed by atoms with Crippen molar-refractivity contribution in [2.75, 3.05) is 23.1 Å². The molecule has 0 saturated carbocycles. The molecule has 0 aliphatic heterocycles. The van der Waals surface area contributed by atoms with Crippen molar-refractivity contribution >= 4 is 23.1 Å². The topological polar surface area (TPSA) is 38.0 Å². The Morgan fingerprint density at radius 3 is 2.50 bits per heavy atom. The molecule has 1 aromatic carbocycles. The average Bonchev–Trinajstić information content (AvgIpc) is 2.20. The molecule has 3 N–H and O–H groups in total. The van der Waals surface area contributed by atoms with Crippen LogP contribution in [0.5, 0.6) is 0 Å². The van der Waals surface area contributed by atoms with E-state index in [-0.39, 0.29) is 0 Å². The number of hydrogen-bond acceptors (Lipinski definition) is 3. The Morgan fingerprint density at radius 1 is 1.36 bits per heavy atom. The maximum Gasteiger partial charge on any atom is 0.0349 e. The van der Waals surface area contributed by atoms with Crippen molar-refractivity contribution in [1.29, 1.82) is 0 Å². The number of hydrogen-bond donors (Lipinski definition) is 2. The number of benzene rings is 1. The zero-order chi connectivity index (χ0) is 10.4. The molecule has 0 aromatic heterocycles. The highest BCUT2D eigenvalue weighted by Gasteiger charge is 2.03. The molecule has 0 spiro atoms. The van der Waals surface area contributed by atoms with Gasteiger partial charge in [-0.25, -0.2) is 0 Å². The molecule has 0 radical (unpaired) electrons. The van der Waals surface area contributed by atoms with Gasteiger partial charge >= 0.3 is 0 Å². The molecular formula is C11H18N2S. The van der Waals surface area contributed by atoms with Gasteiger partial charge in [0.15, 0.2) is 0 Å². The third kappa shape index (κ3) is 3.50. The zero-order valence-corrected chi connectivity index (χ0v) is 9.60. The third-order valence-corrected chi connectivity index (χ3v) is 2.88. The fourth-order valence-corrected chi connectivity index (χ4v) is 2.00. The van der Waals surface area contributed by atoms with E-state index >= 15 is 0 Å². The van der Waals surface area contributed by atoms with Crippen LogP contribution in [0.15, 0.2) is 24.3 Å². The summed E-state index contributed by atoms with van der Waals surface area (Å²) in [7, 11) is 0. The van der Waals surface area contributed by atoms with Crippen LogP contribution in [-0.2, 0) is 0 Å². The minimum absolute atomic E-state index is 0.550. The van der Waals surface area contributed by atoms with E-state index in [1.165, 1.54) is 0 Å². The molecule has 1 atom stereocenters. The summed E-state index contributed by atoms with van der Waals surface area (Å²) in [4.78, 5) is 0. The molecular weight excluding hydrogens is 192 g/mol. The van der Waals surface area contributed by atoms with Crippen LogP contribution in [0.4, 0.5) is 11.4 Å². The van der Waals surface area contributed by atoms with Gasteiger partial charge in [-0.2, -0.15) is 11.8 Å². The molecule has 1 unspecified atom stereocenters. The van der Waals surface area contributed by atoms with E-state index in [4.69, 9.17) is 5.73 Å². The molecule has 1 aromatic rings. The molecule has 2 nitrogen and oxygen atoms in total. The Morgan fingerprint density at radius 2 is 2.00 bits per heavy atom. The fraction of sp³-hybridized carbons (Fsp3) is 0.455. The first kappa shape index (κ1) is 11.2. The lowest BCUT2D eigenvalue weighted by atomic mass is 10.2. The summed E-state index contributed by atoms with van der Waals surface area (Å²) in [5.41, 5.74) is 7.58. The van der Waals surface area contributed by atoms with E-state index in [1.807, 2.05) is 36.0 Å². The van der Waals surface area contributed by atoms with Gasteiger partial charge in [0, 0.05) is 23.2 Å². The van der Waals surface area contributed by atoms with Gasteiger partial charge in [0.2, 0.25) is 0 Å². The van der Waals surface area contributed by atoms with Gasteiger partial charge in [0.1, 0.15) is 0 Å². The van der Waals surface area contributed by atoms with Crippen molar-refractivity contribution < 1.29 is 0 Å². The maximum absolute atomic E-state index is 5.62. The second kappa shape index (κ2) is 5.81. The van der Waals surface area contributed by atoms with Gasteiger partial charge in [-0.05, 0) is 36.9 Å². The summed E-state index contributed by atoms with van der Waals surface area (Å²) in [5.74, 6) is 1.14. The quantitative estimate of drug-likeness (QED) is 0.734. The van der Waals surface area contributed by atoms with E-state index in [1.54, 1.807) is 0 Å². The second-order valence-electron chi connectivity index (χ2n) is 3.33. The number of nitrogen functional groups attached to an aromatic ring is 1. The third-order valence-electron chi connectivity index (χ3n) is 2.14. The number of anilines is 2. The van der Waals surface area contributed by atoms with Gasteiger partial charge in [0.25, 0.3) is 0 Å². The first-order valence-corrected chi connectivity index (χ1v) is 6.26. The number of rotatable bonds is 5. The van der Waals surface area contributed by atoms with Crippen LogP contribution in [0.25, 0.3) is 0 Å². The average molecular weight is 210 g/mol. The minimum atomic E-state index is 0.550. The van der Waals surface area contributed by atoms with E-state index in [9.17, 15) is 0 Å². The minimum Gasteiger partial charge on any atom is -0.399 e. The Kier molecular flexibility index (Phi) is 4.66. The Balaban J connectivity index is 2.53. The first-order chi connectivity index (χ1) is 6.76. The fourth-order valence-electron chi connectivity index (χ4n) is 1.28. The summed E-state index contributed by atoms with van der Waals surface area (Å²) in [5, 5.41) is 3.48. The maximum atomic E-state index is 5.62. The lowest BCUT2D eigenvalue weighted by Gasteiger charge is -2.17. The predicted molar refractivity (Wildman–Crippen MR) is 66.9 cm³/mol. The van der Waals surface area contributed by atoms with Crippen LogP contribution >= 0.6 is 11.8 Å². The van der Waals surface area contributed by atoms with Gasteiger partial charge < -0.3 is 11.1 Å². The summed E-state index contributed by atoms with van der Waals surface area (Å²) in [6.07, 6.45) is 3.28. The normalized spacial score (nSPS) is 12.4. The standard InChI is InChI=1S/C11H18N2S/c1-3-10(8-14-2)13-11-6-4-9(12)5-7-11/h4-7,10,13H,3,8,12H2,1-2H3. The Hall–Kier alpha value is -0.830. The number of nitrogens with one attached hydrogen (secondary N) is 1. The lowest BCUT2D eigenvalue weighted by Crippen LogP contribution is -2.20. The van der Waals surface area contributed by atoms with Crippen molar-refractivity contribution in [3.05, 3.63) is 24.3 Å². The SMILES string of the molecule is CCC(CSC)Nc1ccc(N)cc1. The Bertz CT molecular complexity index is 258. The Labute approximate surface area is 90.3 Å². The molecule has 0 aliphatic carbocycles. The van der Waals surface area contributed by atoms with Gasteiger partial charge in [-0.15, -0.1) is 0 Å². The van der Waals surface area contributed by atoms with Crippen LogP contribution in [0.2, 0.25) is 0 Å². The molecule has 0 bridgehead atoms. The van der Waals surface area contributed by atoms with Gasteiger partial charge in [0.05, 0.1) is 0 Å². The summed E-state index contributed by atoms with van der Waals surface area (Å²) in [6.45, 7) is 2.20. The van der Waals surface area contributed by atoms with E-state index < -0.39 is 0 Å². The van der Waals surface area contributed by atoms with Crippen LogP contribution in [0.1, 0.15) is 13.3 Å². The molecule has 1 rings (SSSR count). The molecule has 14 heavy (non-hydrogen) atoms. The molecule has 0 aliphatic rings. The molecule has 0 heterocycles. The zero-order valence-electron chi connectivity index (χ0n) is 8.79. The second-order valence-corrected chi connectivity index (χ2v) is 4.24. The van der Waals surface area contributed by atoms with Gasteiger partial charge in [-0.3, -0.25) is 0 Å². The van der Waals surface area contributed by atoms with Crippen molar-refractivity contribution in [2.45, 2.75) is 19.4 Å². The summed E-state index contributed by atoms with van der Waals surface area (Å²) in [6, 6.07) is 8.45. The van der Waals surface area contributed by atoms with Crippen molar-refractivity contribution in [3.8, 4) is 0 Å². The van der Waals surface area contributed by atoms with Crippen LogP contribution in [0, 0.1) is 0 Å². The van der Waals surface area contributed by atoms with Crippen molar-refractivity contribution in [1.82, 2.24) is 0 Å². The van der Waals surface area contributed by atoms with Crippen molar-refractivity contribution in [2.24, 2.45) is 0 Å². The molecule has 78 valence electrons. The van der Waals surface area contributed by atoms with E-state index in [2.05, 4.69) is 18.5 Å². The van der Waals surface area contributed by atoms with E-state index in [0.717, 1.165) is 23.5 Å². The first-order valence-electron chi connectivity index (χ1n) is 4.87. The molecule has 0 amide bonds. The summed E-state index contributed by atoms with van der Waals surface area (Å²) < 4.78 is 0. The molecule has 0 saturated heterocycles. The highest BCUT2D eigenvalue weighted by Crippen LogP contribution is 2.14. The molecule has 3 heteroatoms. The van der Waals surface area contributed by atoms with Crippen LogP contribution < -0.4 is 11.1 Å². The largest absolute Gasteiger partial charge is 0.399 e. The summed E-state index contributed by atoms with van der Waals surface area (Å²) >= 11 is 1.87. The monoisotopic (exact) mass is 210 g/mol. The predicted octanol–water partition coefficient (Wildman–Crippen LogP) is 2.82.